The standard InChI is InChI=1S/C10H19BrO/c1-9(2)12-7-6-10(8-11)4-3-5-10/h9H,3-8H2,1-2H3. The Balaban J connectivity index is 2.12. The van der Waals surface area contributed by atoms with Gasteiger partial charge in [0.1, 0.15) is 0 Å². The van der Waals surface area contributed by atoms with E-state index in [2.05, 4.69) is 29.8 Å². The third kappa shape index (κ3) is 2.74. The van der Waals surface area contributed by atoms with E-state index in [-0.39, 0.29) is 0 Å². The Morgan fingerprint density at radius 3 is 2.42 bits per heavy atom. The highest BCUT2D eigenvalue weighted by molar-refractivity contribution is 9.09. The molecule has 0 amide bonds. The number of ether oxygens (including phenoxy) is 1. The maximum atomic E-state index is 5.55. The van der Waals surface area contributed by atoms with Gasteiger partial charge < -0.3 is 4.74 Å². The van der Waals surface area contributed by atoms with Crippen molar-refractivity contribution in [3.05, 3.63) is 0 Å². The summed E-state index contributed by atoms with van der Waals surface area (Å²) in [6.45, 7) is 5.13. The molecule has 1 aliphatic rings. The van der Waals surface area contributed by atoms with E-state index in [9.17, 15) is 0 Å². The first-order valence-corrected chi connectivity index (χ1v) is 5.98. The zero-order valence-corrected chi connectivity index (χ0v) is 9.69. The molecule has 0 bridgehead atoms. The zero-order chi connectivity index (χ0) is 9.03. The normalized spacial score (nSPS) is 21.0. The Labute approximate surface area is 84.0 Å². The van der Waals surface area contributed by atoms with Crippen molar-refractivity contribution in [2.24, 2.45) is 5.41 Å². The van der Waals surface area contributed by atoms with Gasteiger partial charge in [0.05, 0.1) is 6.10 Å². The third-order valence-electron chi connectivity index (χ3n) is 2.78. The molecule has 0 aliphatic heterocycles. The van der Waals surface area contributed by atoms with Crippen LogP contribution in [0.2, 0.25) is 0 Å². The molecular formula is C10H19BrO. The molecule has 0 aromatic carbocycles. The van der Waals surface area contributed by atoms with Crippen LogP contribution in [-0.4, -0.2) is 18.0 Å². The van der Waals surface area contributed by atoms with Crippen LogP contribution in [0.15, 0.2) is 0 Å². The van der Waals surface area contributed by atoms with Gasteiger partial charge in [0, 0.05) is 11.9 Å². The van der Waals surface area contributed by atoms with Crippen LogP contribution in [0.25, 0.3) is 0 Å². The molecule has 0 saturated heterocycles. The van der Waals surface area contributed by atoms with Crippen molar-refractivity contribution < 1.29 is 4.74 Å². The van der Waals surface area contributed by atoms with Gasteiger partial charge in [0.25, 0.3) is 0 Å². The second kappa shape index (κ2) is 4.61. The van der Waals surface area contributed by atoms with Crippen molar-refractivity contribution in [3.63, 3.8) is 0 Å². The lowest BCUT2D eigenvalue weighted by Gasteiger charge is -2.40. The molecule has 0 unspecified atom stereocenters. The summed E-state index contributed by atoms with van der Waals surface area (Å²) >= 11 is 3.60. The van der Waals surface area contributed by atoms with E-state index >= 15 is 0 Å². The Morgan fingerprint density at radius 1 is 1.42 bits per heavy atom. The van der Waals surface area contributed by atoms with Crippen molar-refractivity contribution in [1.82, 2.24) is 0 Å². The lowest BCUT2D eigenvalue weighted by atomic mass is 9.68. The van der Waals surface area contributed by atoms with Gasteiger partial charge in [-0.2, -0.15) is 0 Å². The highest BCUT2D eigenvalue weighted by atomic mass is 79.9. The molecule has 0 aromatic rings. The van der Waals surface area contributed by atoms with Crippen molar-refractivity contribution in [2.75, 3.05) is 11.9 Å². The highest BCUT2D eigenvalue weighted by Crippen LogP contribution is 2.45. The van der Waals surface area contributed by atoms with Crippen LogP contribution >= 0.6 is 15.9 Å². The molecular weight excluding hydrogens is 216 g/mol. The molecule has 1 saturated carbocycles. The second-order valence-corrected chi connectivity index (χ2v) is 4.72. The molecule has 1 fully saturated rings. The summed E-state index contributed by atoms with van der Waals surface area (Å²) < 4.78 is 5.55. The molecule has 0 aromatic heterocycles. The second-order valence-electron chi connectivity index (χ2n) is 4.16. The molecule has 1 aliphatic carbocycles. The predicted molar refractivity (Wildman–Crippen MR) is 55.8 cm³/mol. The van der Waals surface area contributed by atoms with Crippen LogP contribution < -0.4 is 0 Å². The molecule has 0 spiro atoms. The van der Waals surface area contributed by atoms with Gasteiger partial charge in [-0.1, -0.05) is 22.4 Å². The average molecular weight is 235 g/mol. The Hall–Kier alpha value is 0.440. The van der Waals surface area contributed by atoms with Crippen LogP contribution in [0.5, 0.6) is 0 Å². The average Bonchev–Trinajstić information content (AvgIpc) is 1.94. The lowest BCUT2D eigenvalue weighted by Crippen LogP contribution is -2.32. The van der Waals surface area contributed by atoms with Crippen LogP contribution in [0.4, 0.5) is 0 Å². The Bertz CT molecular complexity index is 124. The molecule has 0 N–H and O–H groups in total. The van der Waals surface area contributed by atoms with Gasteiger partial charge in [-0.3, -0.25) is 0 Å². The van der Waals surface area contributed by atoms with Crippen molar-refractivity contribution in [3.8, 4) is 0 Å². The smallest absolute Gasteiger partial charge is 0.0518 e. The third-order valence-corrected chi connectivity index (χ3v) is 3.97. The minimum Gasteiger partial charge on any atom is -0.379 e. The Kier molecular flexibility index (Phi) is 4.04. The summed E-state index contributed by atoms with van der Waals surface area (Å²) in [7, 11) is 0. The first-order valence-electron chi connectivity index (χ1n) is 4.86. The van der Waals surface area contributed by atoms with E-state index in [1.807, 2.05) is 0 Å². The van der Waals surface area contributed by atoms with E-state index in [1.54, 1.807) is 0 Å². The summed E-state index contributed by atoms with van der Waals surface area (Å²) in [5.41, 5.74) is 0.592. The minimum absolute atomic E-state index is 0.387. The summed E-state index contributed by atoms with van der Waals surface area (Å²) in [5.74, 6) is 0. The van der Waals surface area contributed by atoms with Crippen molar-refractivity contribution in [2.45, 2.75) is 45.6 Å². The molecule has 2 heteroatoms. The van der Waals surface area contributed by atoms with Crippen LogP contribution in [-0.2, 0) is 4.74 Å². The van der Waals surface area contributed by atoms with E-state index in [1.165, 1.54) is 25.7 Å². The van der Waals surface area contributed by atoms with Crippen LogP contribution in [0, 0.1) is 5.41 Å². The number of rotatable bonds is 5. The maximum absolute atomic E-state index is 5.55. The monoisotopic (exact) mass is 234 g/mol. The summed E-state index contributed by atoms with van der Waals surface area (Å²) in [5, 5.41) is 1.15. The Morgan fingerprint density at radius 2 is 2.08 bits per heavy atom. The summed E-state index contributed by atoms with van der Waals surface area (Å²) in [4.78, 5) is 0. The van der Waals surface area contributed by atoms with Gasteiger partial charge >= 0.3 is 0 Å². The zero-order valence-electron chi connectivity index (χ0n) is 8.11. The minimum atomic E-state index is 0.387. The number of hydrogen-bond acceptors (Lipinski definition) is 1. The number of halogens is 1. The van der Waals surface area contributed by atoms with Crippen molar-refractivity contribution >= 4 is 15.9 Å². The predicted octanol–water partition coefficient (Wildman–Crippen LogP) is 3.37. The molecule has 1 rings (SSSR count). The molecule has 1 nitrogen and oxygen atoms in total. The van der Waals surface area contributed by atoms with Gasteiger partial charge in [-0.15, -0.1) is 0 Å². The highest BCUT2D eigenvalue weighted by Gasteiger charge is 2.35. The van der Waals surface area contributed by atoms with Crippen molar-refractivity contribution in [1.29, 1.82) is 0 Å². The van der Waals surface area contributed by atoms with E-state index in [0.717, 1.165) is 11.9 Å². The molecule has 72 valence electrons. The fraction of sp³-hybridized carbons (Fsp3) is 1.00. The fourth-order valence-electron chi connectivity index (χ4n) is 1.64. The fourth-order valence-corrected chi connectivity index (χ4v) is 2.48. The van der Waals surface area contributed by atoms with E-state index in [0.29, 0.717) is 11.5 Å². The largest absolute Gasteiger partial charge is 0.379 e. The van der Waals surface area contributed by atoms with Gasteiger partial charge in [0.2, 0.25) is 0 Å². The van der Waals surface area contributed by atoms with E-state index in [4.69, 9.17) is 4.74 Å². The van der Waals surface area contributed by atoms with Crippen LogP contribution in [0.1, 0.15) is 39.5 Å². The topological polar surface area (TPSA) is 9.23 Å². The summed E-state index contributed by atoms with van der Waals surface area (Å²) in [6.07, 6.45) is 5.81. The number of hydrogen-bond donors (Lipinski definition) is 0. The molecule has 12 heavy (non-hydrogen) atoms. The van der Waals surface area contributed by atoms with Crippen LogP contribution in [0.3, 0.4) is 0 Å². The quantitative estimate of drug-likeness (QED) is 0.664. The number of alkyl halides is 1. The molecule has 0 radical (unpaired) electrons. The van der Waals surface area contributed by atoms with Gasteiger partial charge in [-0.25, -0.2) is 0 Å². The first-order chi connectivity index (χ1) is 5.68. The molecule has 0 atom stereocenters. The first kappa shape index (κ1) is 10.5. The summed E-state index contributed by atoms with van der Waals surface area (Å²) in [6, 6.07) is 0. The van der Waals surface area contributed by atoms with Gasteiger partial charge in [-0.05, 0) is 38.5 Å². The SMILES string of the molecule is CC(C)OCCC1(CBr)CCC1. The van der Waals surface area contributed by atoms with Gasteiger partial charge in [0.15, 0.2) is 0 Å². The maximum Gasteiger partial charge on any atom is 0.0518 e. The molecule has 0 heterocycles. The lowest BCUT2D eigenvalue weighted by molar-refractivity contribution is 0.0340. The van der Waals surface area contributed by atoms with E-state index < -0.39 is 0 Å².